The van der Waals surface area contributed by atoms with Crippen LogP contribution >= 0.6 is 0 Å². The van der Waals surface area contributed by atoms with E-state index < -0.39 is 0 Å². The van der Waals surface area contributed by atoms with E-state index >= 15 is 0 Å². The third kappa shape index (κ3) is 2.02. The van der Waals surface area contributed by atoms with E-state index in [4.69, 9.17) is 0 Å². The molecule has 3 aliphatic rings. The van der Waals surface area contributed by atoms with Crippen LogP contribution < -0.4 is 0 Å². The second kappa shape index (κ2) is 5.04. The highest BCUT2D eigenvalue weighted by Gasteiger charge is 2.66. The van der Waals surface area contributed by atoms with Crippen molar-refractivity contribution in [3.05, 3.63) is 23.3 Å². The van der Waals surface area contributed by atoms with E-state index in [-0.39, 0.29) is 0 Å². The zero-order chi connectivity index (χ0) is 14.5. The molecule has 20 heavy (non-hydrogen) atoms. The Labute approximate surface area is 125 Å². The van der Waals surface area contributed by atoms with E-state index in [1.54, 1.807) is 5.57 Å². The lowest BCUT2D eigenvalue weighted by Gasteiger charge is -2.58. The van der Waals surface area contributed by atoms with Crippen LogP contribution in [-0.2, 0) is 0 Å². The van der Waals surface area contributed by atoms with Crippen molar-refractivity contribution in [2.24, 2.45) is 35.0 Å². The van der Waals surface area contributed by atoms with Crippen LogP contribution in [0.3, 0.4) is 0 Å². The normalized spacial score (nSPS) is 46.6. The average molecular weight is 272 g/mol. The van der Waals surface area contributed by atoms with Crippen LogP contribution in [-0.4, -0.2) is 0 Å². The lowest BCUT2D eigenvalue weighted by molar-refractivity contribution is -0.0941. The monoisotopic (exact) mass is 272 g/mol. The van der Waals surface area contributed by atoms with Gasteiger partial charge in [0.1, 0.15) is 0 Å². The maximum atomic E-state index is 2.61. The lowest BCUT2D eigenvalue weighted by Crippen LogP contribution is -2.53. The third-order valence-corrected chi connectivity index (χ3v) is 7.06. The molecule has 6 atom stereocenters. The highest BCUT2D eigenvalue weighted by atomic mass is 14.7. The van der Waals surface area contributed by atoms with Gasteiger partial charge in [-0.15, -0.1) is 0 Å². The summed E-state index contributed by atoms with van der Waals surface area (Å²) >= 11 is 0. The van der Waals surface area contributed by atoms with Crippen LogP contribution in [0.1, 0.15) is 66.7 Å². The van der Waals surface area contributed by atoms with Gasteiger partial charge >= 0.3 is 0 Å². The minimum atomic E-state index is 0.700. The van der Waals surface area contributed by atoms with Crippen LogP contribution in [0.5, 0.6) is 0 Å². The quantitative estimate of drug-likeness (QED) is 0.553. The molecule has 3 aliphatic carbocycles. The van der Waals surface area contributed by atoms with Crippen LogP contribution in [0.25, 0.3) is 0 Å². The van der Waals surface area contributed by atoms with Gasteiger partial charge in [0.2, 0.25) is 0 Å². The van der Waals surface area contributed by atoms with Gasteiger partial charge in [-0.1, -0.05) is 43.6 Å². The van der Waals surface area contributed by atoms with Gasteiger partial charge in [-0.25, -0.2) is 0 Å². The molecule has 0 N–H and O–H groups in total. The number of hydrogen-bond donors (Lipinski definition) is 0. The number of rotatable bonds is 3. The van der Waals surface area contributed by atoms with E-state index in [1.807, 2.05) is 0 Å². The van der Waals surface area contributed by atoms with Crippen LogP contribution in [0, 0.1) is 35.0 Å². The molecule has 0 saturated heterocycles. The molecule has 0 heteroatoms. The van der Waals surface area contributed by atoms with Crippen molar-refractivity contribution in [3.63, 3.8) is 0 Å². The fraction of sp³-hybridized carbons (Fsp3) is 0.800. The smallest absolute Gasteiger partial charge is 0.0164 e. The standard InChI is InChI=1S/C20H32/c1-13(2)7-6-8-14(3)16-11-12-20(5)17-10-9-15(4)18(17)19(16)20/h7-8,15-19H,6,9-12H2,1-5H3. The first-order valence-corrected chi connectivity index (χ1v) is 8.75. The zero-order valence-corrected chi connectivity index (χ0v) is 14.1. The molecule has 0 aliphatic heterocycles. The van der Waals surface area contributed by atoms with Crippen LogP contribution in [0.15, 0.2) is 23.3 Å². The number of hydrogen-bond acceptors (Lipinski definition) is 0. The highest BCUT2D eigenvalue weighted by molar-refractivity contribution is 5.22. The number of allylic oxidation sites excluding steroid dienone is 4. The summed E-state index contributed by atoms with van der Waals surface area (Å²) in [5.74, 6) is 5.02. The van der Waals surface area contributed by atoms with Gasteiger partial charge in [-0.2, -0.15) is 0 Å². The third-order valence-electron chi connectivity index (χ3n) is 7.06. The Bertz CT molecular complexity index is 437. The first-order chi connectivity index (χ1) is 9.45. The van der Waals surface area contributed by atoms with Crippen molar-refractivity contribution >= 4 is 0 Å². The predicted octanol–water partition coefficient (Wildman–Crippen LogP) is 6.00. The maximum Gasteiger partial charge on any atom is -0.0164 e. The summed E-state index contributed by atoms with van der Waals surface area (Å²) in [6.07, 6.45) is 12.0. The summed E-state index contributed by atoms with van der Waals surface area (Å²) in [5, 5.41) is 0. The number of fused-ring (bicyclic) bond motifs is 4. The SMILES string of the molecule is CC(C)=CCC=C(C)C1CCC2(C)C3CCC(C)C3C12. The van der Waals surface area contributed by atoms with E-state index in [0.717, 1.165) is 36.0 Å². The van der Waals surface area contributed by atoms with Gasteiger partial charge in [-0.3, -0.25) is 0 Å². The molecule has 0 spiro atoms. The minimum absolute atomic E-state index is 0.700. The maximum absolute atomic E-state index is 2.61. The molecule has 0 bridgehead atoms. The largest absolute Gasteiger partial charge is 0.0821 e. The lowest BCUT2D eigenvalue weighted by atomic mass is 9.47. The van der Waals surface area contributed by atoms with Crippen molar-refractivity contribution in [2.75, 3.05) is 0 Å². The van der Waals surface area contributed by atoms with Gasteiger partial charge in [0, 0.05) is 0 Å². The summed E-state index contributed by atoms with van der Waals surface area (Å²) in [6.45, 7) is 11.9. The van der Waals surface area contributed by atoms with Gasteiger partial charge in [0.15, 0.2) is 0 Å². The molecule has 3 rings (SSSR count). The van der Waals surface area contributed by atoms with Crippen molar-refractivity contribution < 1.29 is 0 Å². The highest BCUT2D eigenvalue weighted by Crippen LogP contribution is 2.73. The zero-order valence-electron chi connectivity index (χ0n) is 14.1. The predicted molar refractivity (Wildman–Crippen MR) is 87.5 cm³/mol. The molecule has 0 amide bonds. The van der Waals surface area contributed by atoms with E-state index in [9.17, 15) is 0 Å². The van der Waals surface area contributed by atoms with Crippen LogP contribution in [0.2, 0.25) is 0 Å². The molecular weight excluding hydrogens is 240 g/mol. The molecule has 112 valence electrons. The molecule has 0 aromatic heterocycles. The Morgan fingerprint density at radius 1 is 1.10 bits per heavy atom. The van der Waals surface area contributed by atoms with Crippen LogP contribution in [0.4, 0.5) is 0 Å². The topological polar surface area (TPSA) is 0 Å². The molecule has 0 aromatic rings. The van der Waals surface area contributed by atoms with E-state index in [0.29, 0.717) is 5.41 Å². The summed E-state index contributed by atoms with van der Waals surface area (Å²) < 4.78 is 0. The average Bonchev–Trinajstić information content (AvgIpc) is 2.84. The Kier molecular flexibility index (Phi) is 3.63. The fourth-order valence-electron chi connectivity index (χ4n) is 6.03. The van der Waals surface area contributed by atoms with Crippen molar-refractivity contribution in [1.29, 1.82) is 0 Å². The van der Waals surface area contributed by atoms with Gasteiger partial charge in [0.05, 0.1) is 0 Å². The molecule has 3 fully saturated rings. The van der Waals surface area contributed by atoms with Gasteiger partial charge in [0.25, 0.3) is 0 Å². The van der Waals surface area contributed by atoms with Crippen molar-refractivity contribution in [2.45, 2.75) is 66.7 Å². The second-order valence-corrected chi connectivity index (χ2v) is 8.38. The summed E-state index contributed by atoms with van der Waals surface area (Å²) in [7, 11) is 0. The van der Waals surface area contributed by atoms with Crippen molar-refractivity contribution in [3.8, 4) is 0 Å². The molecule has 6 unspecified atom stereocenters. The Morgan fingerprint density at radius 2 is 1.85 bits per heavy atom. The Hall–Kier alpha value is -0.520. The summed E-state index contributed by atoms with van der Waals surface area (Å²) in [4.78, 5) is 0. The molecular formula is C20H32. The van der Waals surface area contributed by atoms with Crippen molar-refractivity contribution in [1.82, 2.24) is 0 Å². The van der Waals surface area contributed by atoms with E-state index in [2.05, 4.69) is 46.8 Å². The fourth-order valence-corrected chi connectivity index (χ4v) is 6.03. The summed E-state index contributed by atoms with van der Waals surface area (Å²) in [6, 6.07) is 0. The molecule has 3 saturated carbocycles. The molecule has 0 aromatic carbocycles. The minimum Gasteiger partial charge on any atom is -0.0821 e. The van der Waals surface area contributed by atoms with Gasteiger partial charge < -0.3 is 0 Å². The molecule has 0 radical (unpaired) electrons. The first-order valence-electron chi connectivity index (χ1n) is 8.75. The second-order valence-electron chi connectivity index (χ2n) is 8.38. The molecule has 0 heterocycles. The Balaban J connectivity index is 1.74. The molecule has 0 nitrogen and oxygen atoms in total. The Morgan fingerprint density at radius 3 is 2.55 bits per heavy atom. The van der Waals surface area contributed by atoms with E-state index in [1.165, 1.54) is 31.3 Å². The van der Waals surface area contributed by atoms with Gasteiger partial charge in [-0.05, 0) is 81.5 Å². The first kappa shape index (κ1) is 14.4. The summed E-state index contributed by atoms with van der Waals surface area (Å²) in [5.41, 5.74) is 3.83.